The highest BCUT2D eigenvalue weighted by Crippen LogP contribution is 2.37. The normalized spacial score (nSPS) is 21.7. The van der Waals surface area contributed by atoms with E-state index < -0.39 is 0 Å². The molecule has 0 radical (unpaired) electrons. The van der Waals surface area contributed by atoms with Crippen molar-refractivity contribution in [1.82, 2.24) is 30.2 Å². The van der Waals surface area contributed by atoms with Crippen molar-refractivity contribution < 1.29 is 14.3 Å². The maximum absolute atomic E-state index is 13.1. The maximum Gasteiger partial charge on any atom is 0.274 e. The summed E-state index contributed by atoms with van der Waals surface area (Å²) in [5.41, 5.74) is 4.78. The van der Waals surface area contributed by atoms with E-state index in [2.05, 4.69) is 53.0 Å². The first-order chi connectivity index (χ1) is 21.5. The van der Waals surface area contributed by atoms with Crippen molar-refractivity contribution in [2.75, 3.05) is 36.5 Å². The second-order valence-corrected chi connectivity index (χ2v) is 11.8. The Morgan fingerprint density at radius 1 is 1.05 bits per heavy atom. The van der Waals surface area contributed by atoms with E-state index in [1.165, 1.54) is 6.08 Å². The van der Waals surface area contributed by atoms with E-state index in [1.807, 2.05) is 36.4 Å². The van der Waals surface area contributed by atoms with Gasteiger partial charge in [0, 0.05) is 36.7 Å². The smallest absolute Gasteiger partial charge is 0.274 e. The van der Waals surface area contributed by atoms with Crippen molar-refractivity contribution in [3.8, 4) is 11.3 Å². The zero-order chi connectivity index (χ0) is 30.0. The number of pyridine rings is 1. The molecule has 2 amide bonds. The first-order valence-corrected chi connectivity index (χ1v) is 15.3. The van der Waals surface area contributed by atoms with Gasteiger partial charge in [-0.05, 0) is 79.8 Å². The molecule has 7 rings (SSSR count). The molecule has 3 fully saturated rings. The van der Waals surface area contributed by atoms with Crippen LogP contribution in [0.15, 0.2) is 67.6 Å². The molecule has 3 aromatic heterocycles. The number of amides is 2. The number of benzene rings is 1. The molecule has 3 aliphatic heterocycles. The lowest BCUT2D eigenvalue weighted by Crippen LogP contribution is -2.46. The molecule has 226 valence electrons. The number of carbonyl (C=O) groups is 2. The van der Waals surface area contributed by atoms with Gasteiger partial charge in [0.2, 0.25) is 5.91 Å². The van der Waals surface area contributed by atoms with Crippen LogP contribution >= 0.6 is 0 Å². The van der Waals surface area contributed by atoms with Crippen molar-refractivity contribution in [2.24, 2.45) is 0 Å². The van der Waals surface area contributed by atoms with Crippen LogP contribution in [0.5, 0.6) is 0 Å². The topological polar surface area (TPSA) is 128 Å². The van der Waals surface area contributed by atoms with Crippen LogP contribution in [-0.4, -0.2) is 81.1 Å². The summed E-state index contributed by atoms with van der Waals surface area (Å²) in [6.07, 6.45) is 8.79. The second-order valence-electron chi connectivity index (χ2n) is 11.8. The van der Waals surface area contributed by atoms with Crippen LogP contribution in [0, 0.1) is 0 Å². The minimum Gasteiger partial charge on any atom is -0.377 e. The van der Waals surface area contributed by atoms with Gasteiger partial charge in [0.1, 0.15) is 23.5 Å². The summed E-state index contributed by atoms with van der Waals surface area (Å²) < 4.78 is 5.77. The van der Waals surface area contributed by atoms with Gasteiger partial charge in [0.15, 0.2) is 0 Å². The maximum atomic E-state index is 13.1. The standard InChI is InChI=1S/C33H36N8O3/c1-2-30(42)37-24-4-3-13-40(17-24)16-21-11-12-34-29(14-21)33(43)38-23-7-5-22(6-8-23)28-15-27-31(39-28)35-20-36-32(27)41-25-9-10-26(41)19-44-18-25/h2,5-8,11-12,14-15,20,24-26H,1,3-4,9-10,13,16-19H2,(H,37,42)(H,38,43)(H,35,36,39)/t24-,25-,26+/m1/s1. The molecule has 0 aliphatic carbocycles. The number of anilines is 2. The number of fused-ring (bicyclic) bond motifs is 3. The fourth-order valence-electron chi connectivity index (χ4n) is 6.72. The van der Waals surface area contributed by atoms with Gasteiger partial charge in [-0.2, -0.15) is 0 Å². The van der Waals surface area contributed by atoms with E-state index in [1.54, 1.807) is 12.5 Å². The van der Waals surface area contributed by atoms with Gasteiger partial charge in [-0.15, -0.1) is 0 Å². The van der Waals surface area contributed by atoms with E-state index in [9.17, 15) is 9.59 Å². The number of hydrogen-bond acceptors (Lipinski definition) is 8. The van der Waals surface area contributed by atoms with Crippen LogP contribution in [0.4, 0.5) is 11.5 Å². The summed E-state index contributed by atoms with van der Waals surface area (Å²) in [5.74, 6) is 0.555. The number of aromatic amines is 1. The van der Waals surface area contributed by atoms with E-state index >= 15 is 0 Å². The number of piperidine rings is 1. The number of likely N-dealkylation sites (tertiary alicyclic amines) is 1. The molecule has 2 bridgehead atoms. The van der Waals surface area contributed by atoms with E-state index in [-0.39, 0.29) is 17.9 Å². The molecule has 11 heteroatoms. The lowest BCUT2D eigenvalue weighted by Gasteiger charge is -2.35. The number of carbonyl (C=O) groups excluding carboxylic acids is 2. The number of morpholine rings is 1. The Morgan fingerprint density at radius 3 is 2.66 bits per heavy atom. The second kappa shape index (κ2) is 12.2. The van der Waals surface area contributed by atoms with Crippen LogP contribution in [0.2, 0.25) is 0 Å². The number of H-pyrrole nitrogens is 1. The fourth-order valence-corrected chi connectivity index (χ4v) is 6.72. The molecule has 11 nitrogen and oxygen atoms in total. The minimum atomic E-state index is -0.264. The highest BCUT2D eigenvalue weighted by molar-refractivity contribution is 6.03. The summed E-state index contributed by atoms with van der Waals surface area (Å²) in [4.78, 5) is 46.5. The fraction of sp³-hybridized carbons (Fsp3) is 0.364. The average Bonchev–Trinajstić information content (AvgIpc) is 3.59. The number of nitrogens with zero attached hydrogens (tertiary/aromatic N) is 5. The molecule has 44 heavy (non-hydrogen) atoms. The Labute approximate surface area is 255 Å². The highest BCUT2D eigenvalue weighted by atomic mass is 16.5. The third-order valence-electron chi connectivity index (χ3n) is 8.84. The van der Waals surface area contributed by atoms with E-state index in [4.69, 9.17) is 4.74 Å². The quantitative estimate of drug-likeness (QED) is 0.263. The Morgan fingerprint density at radius 2 is 1.86 bits per heavy atom. The van der Waals surface area contributed by atoms with Crippen LogP contribution in [0.25, 0.3) is 22.3 Å². The summed E-state index contributed by atoms with van der Waals surface area (Å²) in [5, 5.41) is 6.98. The summed E-state index contributed by atoms with van der Waals surface area (Å²) in [6, 6.07) is 14.4. The van der Waals surface area contributed by atoms with Gasteiger partial charge >= 0.3 is 0 Å². The van der Waals surface area contributed by atoms with Gasteiger partial charge in [0.05, 0.1) is 30.7 Å². The molecule has 4 aromatic rings. The van der Waals surface area contributed by atoms with E-state index in [0.29, 0.717) is 30.0 Å². The first kappa shape index (κ1) is 28.2. The molecule has 3 N–H and O–H groups in total. The zero-order valence-electron chi connectivity index (χ0n) is 24.5. The minimum absolute atomic E-state index is 0.0982. The molecule has 1 aromatic carbocycles. The molecule has 3 atom stereocenters. The zero-order valence-corrected chi connectivity index (χ0v) is 24.5. The lowest BCUT2D eigenvalue weighted by atomic mass is 10.0. The van der Waals surface area contributed by atoms with E-state index in [0.717, 1.165) is 85.7 Å². The van der Waals surface area contributed by atoms with Gasteiger partial charge in [-0.3, -0.25) is 19.5 Å². The van der Waals surface area contributed by atoms with Crippen molar-refractivity contribution in [3.05, 3.63) is 78.9 Å². The van der Waals surface area contributed by atoms with Crippen LogP contribution < -0.4 is 15.5 Å². The number of ether oxygens (including phenoxy) is 1. The van der Waals surface area contributed by atoms with Gasteiger partial charge in [0.25, 0.3) is 5.91 Å². The largest absolute Gasteiger partial charge is 0.377 e. The van der Waals surface area contributed by atoms with Crippen molar-refractivity contribution in [2.45, 2.75) is 50.4 Å². The Bertz CT molecular complexity index is 1670. The monoisotopic (exact) mass is 592 g/mol. The number of rotatable bonds is 8. The Hall–Kier alpha value is -4.61. The highest BCUT2D eigenvalue weighted by Gasteiger charge is 2.39. The van der Waals surface area contributed by atoms with Gasteiger partial charge in [-0.25, -0.2) is 9.97 Å². The Kier molecular flexibility index (Phi) is 7.80. The van der Waals surface area contributed by atoms with Crippen molar-refractivity contribution >= 4 is 34.4 Å². The Balaban J connectivity index is 1.01. The molecule has 0 unspecified atom stereocenters. The molecule has 3 saturated heterocycles. The van der Waals surface area contributed by atoms with Crippen molar-refractivity contribution in [3.63, 3.8) is 0 Å². The summed E-state index contributed by atoms with van der Waals surface area (Å²) in [6.45, 7) is 7.39. The third kappa shape index (κ3) is 5.80. The molecular weight excluding hydrogens is 556 g/mol. The SMILES string of the molecule is C=CC(=O)N[C@@H]1CCCN(Cc2ccnc(C(=O)Nc3ccc(-c4cc5c(N6[C@@H]7CC[C@H]6COC7)ncnc5[nH]4)cc3)c2)C1. The predicted molar refractivity (Wildman–Crippen MR) is 168 cm³/mol. The molecule has 6 heterocycles. The average molecular weight is 593 g/mol. The summed E-state index contributed by atoms with van der Waals surface area (Å²) >= 11 is 0. The van der Waals surface area contributed by atoms with Crippen LogP contribution in [0.1, 0.15) is 41.7 Å². The molecule has 3 aliphatic rings. The third-order valence-corrected chi connectivity index (χ3v) is 8.84. The van der Waals surface area contributed by atoms with Gasteiger partial charge < -0.3 is 25.3 Å². The lowest BCUT2D eigenvalue weighted by molar-refractivity contribution is -0.117. The van der Waals surface area contributed by atoms with Crippen LogP contribution in [0.3, 0.4) is 0 Å². The van der Waals surface area contributed by atoms with Crippen LogP contribution in [-0.2, 0) is 16.1 Å². The number of aromatic nitrogens is 4. The number of hydrogen-bond donors (Lipinski definition) is 3. The number of nitrogens with one attached hydrogen (secondary N) is 3. The molecule has 0 saturated carbocycles. The van der Waals surface area contributed by atoms with Gasteiger partial charge in [-0.1, -0.05) is 18.7 Å². The molecular formula is C33H36N8O3. The predicted octanol–water partition coefficient (Wildman–Crippen LogP) is 3.91. The summed E-state index contributed by atoms with van der Waals surface area (Å²) in [7, 11) is 0. The molecule has 0 spiro atoms. The van der Waals surface area contributed by atoms with Crippen molar-refractivity contribution in [1.29, 1.82) is 0 Å². The first-order valence-electron chi connectivity index (χ1n) is 15.3.